The van der Waals surface area contributed by atoms with E-state index in [1.807, 2.05) is 6.92 Å². The summed E-state index contributed by atoms with van der Waals surface area (Å²) in [6, 6.07) is 7.32. The van der Waals surface area contributed by atoms with Crippen molar-refractivity contribution in [3.63, 3.8) is 0 Å². The number of fused-ring (bicyclic) bond motifs is 1. The maximum Gasteiger partial charge on any atom is 0.357 e. The van der Waals surface area contributed by atoms with Gasteiger partial charge in [0.1, 0.15) is 11.9 Å². The minimum atomic E-state index is -0.928. The normalized spacial score (nSPS) is 20.2. The summed E-state index contributed by atoms with van der Waals surface area (Å²) in [6.07, 6.45) is 1.94. The Hall–Kier alpha value is -2.65. The minimum Gasteiger partial charge on any atom is -0.452 e. The molecule has 0 bridgehead atoms. The van der Waals surface area contributed by atoms with Crippen molar-refractivity contribution < 1.29 is 14.6 Å². The number of aryl methyl sites for hydroxylation is 1. The molecule has 1 aromatic carbocycles. The van der Waals surface area contributed by atoms with E-state index in [0.29, 0.717) is 23.4 Å². The molecule has 0 fully saturated rings. The molecule has 1 atom stereocenters. The Morgan fingerprint density at radius 3 is 2.95 bits per heavy atom. The van der Waals surface area contributed by atoms with E-state index in [2.05, 4.69) is 11.1 Å². The number of hydrogen-bond donors (Lipinski definition) is 1. The standard InChI is InChI=1S/C16H15N3O3/c1-10-5-11(7-17)3-4-13(10)19-9-18-12-6-16(2,8-20)22-15(21)14(12)19/h3-5,9,20H,6,8H2,1-2H3. The predicted molar refractivity (Wildman–Crippen MR) is 77.6 cm³/mol. The molecule has 1 aliphatic heterocycles. The number of ether oxygens (including phenoxy) is 1. The maximum absolute atomic E-state index is 12.3. The van der Waals surface area contributed by atoms with Crippen LogP contribution in [-0.2, 0) is 11.2 Å². The number of imidazole rings is 1. The van der Waals surface area contributed by atoms with E-state index in [4.69, 9.17) is 10.00 Å². The second-order valence-electron chi connectivity index (χ2n) is 5.70. The topological polar surface area (TPSA) is 88.1 Å². The Morgan fingerprint density at radius 2 is 2.32 bits per heavy atom. The van der Waals surface area contributed by atoms with Crippen molar-refractivity contribution in [1.82, 2.24) is 9.55 Å². The van der Waals surface area contributed by atoms with Crippen molar-refractivity contribution in [2.45, 2.75) is 25.9 Å². The highest BCUT2D eigenvalue weighted by atomic mass is 16.6. The van der Waals surface area contributed by atoms with Crippen molar-refractivity contribution in [2.24, 2.45) is 0 Å². The molecule has 3 rings (SSSR count). The van der Waals surface area contributed by atoms with Crippen LogP contribution in [0.5, 0.6) is 0 Å². The number of nitrogens with zero attached hydrogens (tertiary/aromatic N) is 3. The van der Waals surface area contributed by atoms with Gasteiger partial charge in [0, 0.05) is 6.42 Å². The van der Waals surface area contributed by atoms with Gasteiger partial charge in [0.15, 0.2) is 5.69 Å². The second kappa shape index (κ2) is 4.97. The number of nitriles is 1. The van der Waals surface area contributed by atoms with Gasteiger partial charge in [-0.2, -0.15) is 5.26 Å². The van der Waals surface area contributed by atoms with Crippen LogP contribution >= 0.6 is 0 Å². The number of rotatable bonds is 2. The highest BCUT2D eigenvalue weighted by Gasteiger charge is 2.39. The van der Waals surface area contributed by atoms with Crippen LogP contribution in [-0.4, -0.2) is 32.8 Å². The Kier molecular flexibility index (Phi) is 3.23. The summed E-state index contributed by atoms with van der Waals surface area (Å²) >= 11 is 0. The van der Waals surface area contributed by atoms with Crippen LogP contribution in [0.1, 0.15) is 34.2 Å². The molecular weight excluding hydrogens is 282 g/mol. The van der Waals surface area contributed by atoms with Gasteiger partial charge in [-0.1, -0.05) is 0 Å². The van der Waals surface area contributed by atoms with Gasteiger partial charge in [-0.25, -0.2) is 9.78 Å². The van der Waals surface area contributed by atoms with Crippen molar-refractivity contribution in [3.8, 4) is 11.8 Å². The smallest absolute Gasteiger partial charge is 0.357 e. The lowest BCUT2D eigenvalue weighted by Crippen LogP contribution is -2.42. The summed E-state index contributed by atoms with van der Waals surface area (Å²) < 4.78 is 7.02. The molecule has 0 saturated heterocycles. The summed E-state index contributed by atoms with van der Waals surface area (Å²) in [6.45, 7) is 3.30. The van der Waals surface area contributed by atoms with Gasteiger partial charge in [0.2, 0.25) is 0 Å². The van der Waals surface area contributed by atoms with E-state index in [9.17, 15) is 9.90 Å². The van der Waals surface area contributed by atoms with E-state index in [1.54, 1.807) is 36.0 Å². The molecule has 1 aromatic heterocycles. The number of aliphatic hydroxyl groups is 1. The lowest BCUT2D eigenvalue weighted by atomic mass is 9.97. The molecule has 1 N–H and O–H groups in total. The van der Waals surface area contributed by atoms with E-state index in [1.165, 1.54) is 0 Å². The Balaban J connectivity index is 2.10. The van der Waals surface area contributed by atoms with E-state index in [-0.39, 0.29) is 6.61 Å². The molecule has 6 nitrogen and oxygen atoms in total. The van der Waals surface area contributed by atoms with Crippen molar-refractivity contribution in [3.05, 3.63) is 47.0 Å². The van der Waals surface area contributed by atoms with E-state index >= 15 is 0 Å². The first kappa shape index (κ1) is 14.3. The number of carbonyl (C=O) groups excluding carboxylic acids is 1. The SMILES string of the molecule is Cc1cc(C#N)ccc1-n1cnc2c1C(=O)OC(C)(CO)C2. The minimum absolute atomic E-state index is 0.249. The molecule has 0 radical (unpaired) electrons. The monoisotopic (exact) mass is 297 g/mol. The molecule has 6 heteroatoms. The van der Waals surface area contributed by atoms with Crippen molar-refractivity contribution in [1.29, 1.82) is 5.26 Å². The van der Waals surface area contributed by atoms with Crippen LogP contribution in [0.3, 0.4) is 0 Å². The molecule has 1 aliphatic rings. The third-order valence-corrected chi connectivity index (χ3v) is 3.84. The van der Waals surface area contributed by atoms with Crippen LogP contribution in [0.4, 0.5) is 0 Å². The number of hydrogen-bond acceptors (Lipinski definition) is 5. The first-order valence-corrected chi connectivity index (χ1v) is 6.89. The highest BCUT2D eigenvalue weighted by molar-refractivity contribution is 5.91. The number of esters is 1. The summed E-state index contributed by atoms with van der Waals surface area (Å²) in [5.41, 5.74) is 2.25. The fourth-order valence-electron chi connectivity index (χ4n) is 2.66. The molecule has 2 aromatic rings. The highest BCUT2D eigenvalue weighted by Crippen LogP contribution is 2.29. The van der Waals surface area contributed by atoms with Gasteiger partial charge >= 0.3 is 5.97 Å². The zero-order valence-corrected chi connectivity index (χ0v) is 12.3. The Labute approximate surface area is 127 Å². The van der Waals surface area contributed by atoms with Gasteiger partial charge in [-0.05, 0) is 37.6 Å². The lowest BCUT2D eigenvalue weighted by molar-refractivity contribution is -0.0434. The zero-order valence-electron chi connectivity index (χ0n) is 12.3. The van der Waals surface area contributed by atoms with Crippen molar-refractivity contribution in [2.75, 3.05) is 6.61 Å². The molecule has 2 heterocycles. The summed E-state index contributed by atoms with van der Waals surface area (Å²) in [5.74, 6) is -0.501. The number of carbonyl (C=O) groups is 1. The zero-order chi connectivity index (χ0) is 15.9. The third-order valence-electron chi connectivity index (χ3n) is 3.84. The van der Waals surface area contributed by atoms with Crippen LogP contribution in [0.25, 0.3) is 5.69 Å². The quantitative estimate of drug-likeness (QED) is 0.849. The first-order valence-electron chi connectivity index (χ1n) is 6.89. The first-order chi connectivity index (χ1) is 10.5. The number of aromatic nitrogens is 2. The van der Waals surface area contributed by atoms with E-state index < -0.39 is 11.6 Å². The average molecular weight is 297 g/mol. The van der Waals surface area contributed by atoms with Gasteiger partial charge in [0.05, 0.1) is 29.6 Å². The van der Waals surface area contributed by atoms with Crippen LogP contribution < -0.4 is 0 Å². The van der Waals surface area contributed by atoms with Crippen LogP contribution in [0.2, 0.25) is 0 Å². The maximum atomic E-state index is 12.3. The predicted octanol–water partition coefficient (Wildman–Crippen LogP) is 1.52. The number of cyclic esters (lactones) is 1. The average Bonchev–Trinajstić information content (AvgIpc) is 2.90. The lowest BCUT2D eigenvalue weighted by Gasteiger charge is -2.31. The molecule has 1 unspecified atom stereocenters. The Morgan fingerprint density at radius 1 is 1.55 bits per heavy atom. The van der Waals surface area contributed by atoms with Gasteiger partial charge in [-0.15, -0.1) is 0 Å². The van der Waals surface area contributed by atoms with Gasteiger partial charge in [0.25, 0.3) is 0 Å². The fraction of sp³-hybridized carbons (Fsp3) is 0.312. The van der Waals surface area contributed by atoms with E-state index in [0.717, 1.165) is 11.3 Å². The molecule has 0 amide bonds. The molecule has 0 spiro atoms. The third kappa shape index (κ3) is 2.16. The largest absolute Gasteiger partial charge is 0.452 e. The Bertz CT molecular complexity index is 803. The summed E-state index contributed by atoms with van der Waals surface area (Å²) in [5, 5.41) is 18.3. The summed E-state index contributed by atoms with van der Waals surface area (Å²) in [4.78, 5) is 16.6. The number of aliphatic hydroxyl groups excluding tert-OH is 1. The van der Waals surface area contributed by atoms with Crippen molar-refractivity contribution >= 4 is 5.97 Å². The molecule has 0 aliphatic carbocycles. The fourth-order valence-corrected chi connectivity index (χ4v) is 2.66. The summed E-state index contributed by atoms with van der Waals surface area (Å²) in [7, 11) is 0. The van der Waals surface area contributed by atoms with Crippen LogP contribution in [0.15, 0.2) is 24.5 Å². The van der Waals surface area contributed by atoms with Gasteiger partial charge < -0.3 is 9.84 Å². The molecule has 112 valence electrons. The molecule has 22 heavy (non-hydrogen) atoms. The number of benzene rings is 1. The van der Waals surface area contributed by atoms with Crippen LogP contribution in [0, 0.1) is 18.3 Å². The van der Waals surface area contributed by atoms with Gasteiger partial charge in [-0.3, -0.25) is 4.57 Å². The second-order valence-corrected chi connectivity index (χ2v) is 5.70. The molecule has 0 saturated carbocycles. The molecular formula is C16H15N3O3.